The lowest BCUT2D eigenvalue weighted by atomic mass is 9.69. The smallest absolute Gasteiger partial charge is 0.324 e. The lowest BCUT2D eigenvalue weighted by molar-refractivity contribution is -0.119. The van der Waals surface area contributed by atoms with E-state index in [1.165, 1.54) is 19.3 Å². The zero-order chi connectivity index (χ0) is 13.1. The molecule has 0 aromatic heterocycles. The minimum atomic E-state index is -4.20. The standard InChI is InChI=1S/C12H23O4P/c1-12(2,10-6-4-3-5-7-10)8-11(13)9-17(14,15)16/h10H,3-9H2,1-2H3,(H2,14,15,16). The van der Waals surface area contributed by atoms with Crippen LogP contribution in [0.15, 0.2) is 0 Å². The highest BCUT2D eigenvalue weighted by Gasteiger charge is 2.33. The normalized spacial score (nSPS) is 19.3. The molecule has 0 atom stereocenters. The van der Waals surface area contributed by atoms with Crippen molar-refractivity contribution >= 4 is 13.4 Å². The maximum atomic E-state index is 11.6. The third-order valence-corrected chi connectivity index (χ3v) is 4.51. The Morgan fingerprint density at radius 2 is 1.76 bits per heavy atom. The Hall–Kier alpha value is -0.180. The second-order valence-corrected chi connectivity index (χ2v) is 7.51. The highest BCUT2D eigenvalue weighted by molar-refractivity contribution is 7.52. The van der Waals surface area contributed by atoms with Gasteiger partial charge in [-0.1, -0.05) is 33.1 Å². The van der Waals surface area contributed by atoms with E-state index in [4.69, 9.17) is 9.79 Å². The van der Waals surface area contributed by atoms with E-state index >= 15 is 0 Å². The maximum Gasteiger partial charge on any atom is 0.332 e. The van der Waals surface area contributed by atoms with Crippen LogP contribution in [-0.4, -0.2) is 21.7 Å². The quantitative estimate of drug-likeness (QED) is 0.747. The molecule has 2 N–H and O–H groups in total. The number of Topliss-reactive ketones (excluding diaryl/α,β-unsaturated/α-hetero) is 1. The topological polar surface area (TPSA) is 74.6 Å². The van der Waals surface area contributed by atoms with E-state index < -0.39 is 13.8 Å². The summed E-state index contributed by atoms with van der Waals surface area (Å²) >= 11 is 0. The molecule has 1 aliphatic carbocycles. The molecule has 5 heteroatoms. The summed E-state index contributed by atoms with van der Waals surface area (Å²) in [7, 11) is -4.20. The first kappa shape index (κ1) is 14.9. The summed E-state index contributed by atoms with van der Waals surface area (Å²) in [6, 6.07) is 0. The van der Waals surface area contributed by atoms with E-state index in [1.807, 2.05) is 13.8 Å². The summed E-state index contributed by atoms with van der Waals surface area (Å²) in [5, 5.41) is 0. The van der Waals surface area contributed by atoms with Gasteiger partial charge in [0.2, 0.25) is 0 Å². The number of ketones is 1. The third-order valence-electron chi connectivity index (χ3n) is 3.75. The molecule has 100 valence electrons. The molecular weight excluding hydrogens is 239 g/mol. The third kappa shape index (κ3) is 5.33. The van der Waals surface area contributed by atoms with Gasteiger partial charge < -0.3 is 9.79 Å². The average molecular weight is 262 g/mol. The Kier molecular flexibility index (Phi) is 4.94. The lowest BCUT2D eigenvalue weighted by Crippen LogP contribution is -2.29. The summed E-state index contributed by atoms with van der Waals surface area (Å²) in [6.07, 6.45) is 5.63. The van der Waals surface area contributed by atoms with Crippen LogP contribution in [0.1, 0.15) is 52.4 Å². The Bertz CT molecular complexity index is 312. The number of carbonyl (C=O) groups excluding carboxylic acids is 1. The predicted molar refractivity (Wildman–Crippen MR) is 66.9 cm³/mol. The maximum absolute atomic E-state index is 11.6. The van der Waals surface area contributed by atoms with Crippen LogP contribution in [0.5, 0.6) is 0 Å². The average Bonchev–Trinajstić information content (AvgIpc) is 2.15. The fourth-order valence-corrected chi connectivity index (χ4v) is 3.39. The van der Waals surface area contributed by atoms with Crippen molar-refractivity contribution in [1.82, 2.24) is 0 Å². The molecule has 0 heterocycles. The van der Waals surface area contributed by atoms with Crippen LogP contribution in [-0.2, 0) is 9.36 Å². The van der Waals surface area contributed by atoms with Gasteiger partial charge in [-0.15, -0.1) is 0 Å². The van der Waals surface area contributed by atoms with Gasteiger partial charge in [-0.25, -0.2) is 0 Å². The minimum Gasteiger partial charge on any atom is -0.324 e. The second-order valence-electron chi connectivity index (χ2n) is 5.86. The molecule has 0 aromatic carbocycles. The van der Waals surface area contributed by atoms with Gasteiger partial charge in [-0.2, -0.15) is 0 Å². The predicted octanol–water partition coefficient (Wildman–Crippen LogP) is 2.73. The van der Waals surface area contributed by atoms with Crippen molar-refractivity contribution in [2.24, 2.45) is 11.3 Å². The second kappa shape index (κ2) is 5.64. The van der Waals surface area contributed by atoms with Gasteiger partial charge >= 0.3 is 7.60 Å². The molecule has 0 bridgehead atoms. The Labute approximate surface area is 103 Å². The van der Waals surface area contributed by atoms with Gasteiger partial charge in [0, 0.05) is 6.42 Å². The van der Waals surface area contributed by atoms with Crippen LogP contribution < -0.4 is 0 Å². The highest BCUT2D eigenvalue weighted by atomic mass is 31.2. The molecule has 0 amide bonds. The van der Waals surface area contributed by atoms with Crippen molar-refractivity contribution in [2.45, 2.75) is 52.4 Å². The molecule has 1 saturated carbocycles. The van der Waals surface area contributed by atoms with Crippen LogP contribution in [0.4, 0.5) is 0 Å². The van der Waals surface area contributed by atoms with Crippen LogP contribution in [0, 0.1) is 11.3 Å². The first-order valence-corrected chi connectivity index (χ1v) is 8.07. The summed E-state index contributed by atoms with van der Waals surface area (Å²) < 4.78 is 10.8. The molecular formula is C12H23O4P. The van der Waals surface area contributed by atoms with E-state index in [2.05, 4.69) is 0 Å². The van der Waals surface area contributed by atoms with Crippen molar-refractivity contribution in [1.29, 1.82) is 0 Å². The number of rotatable bonds is 5. The first-order chi connectivity index (χ1) is 7.71. The van der Waals surface area contributed by atoms with Gasteiger partial charge in [0.25, 0.3) is 0 Å². The number of hydrogen-bond donors (Lipinski definition) is 2. The number of hydrogen-bond acceptors (Lipinski definition) is 2. The van der Waals surface area contributed by atoms with Crippen molar-refractivity contribution in [2.75, 3.05) is 6.16 Å². The summed E-state index contributed by atoms with van der Waals surface area (Å²) in [5.74, 6) is 0.200. The number of carbonyl (C=O) groups is 1. The van der Waals surface area contributed by atoms with Crippen LogP contribution in [0.2, 0.25) is 0 Å². The monoisotopic (exact) mass is 262 g/mol. The van der Waals surface area contributed by atoms with Crippen molar-refractivity contribution in [3.63, 3.8) is 0 Å². The zero-order valence-corrected chi connectivity index (χ0v) is 11.6. The minimum absolute atomic E-state index is 0.132. The van der Waals surface area contributed by atoms with Crippen LogP contribution in [0.25, 0.3) is 0 Å². The molecule has 1 fully saturated rings. The van der Waals surface area contributed by atoms with Crippen LogP contribution >= 0.6 is 7.60 Å². The molecule has 1 rings (SSSR count). The fourth-order valence-electron chi connectivity index (χ4n) is 2.82. The van der Waals surface area contributed by atoms with Gasteiger partial charge in [0.1, 0.15) is 11.9 Å². The van der Waals surface area contributed by atoms with Gasteiger partial charge in [-0.05, 0) is 24.2 Å². The Morgan fingerprint density at radius 3 is 2.24 bits per heavy atom. The lowest BCUT2D eigenvalue weighted by Gasteiger charge is -2.36. The molecule has 0 radical (unpaired) electrons. The molecule has 0 spiro atoms. The fraction of sp³-hybridized carbons (Fsp3) is 0.917. The van der Waals surface area contributed by atoms with Gasteiger partial charge in [0.05, 0.1) is 0 Å². The summed E-state index contributed by atoms with van der Waals surface area (Å²) in [5.41, 5.74) is -0.132. The molecule has 0 aromatic rings. The largest absolute Gasteiger partial charge is 0.332 e. The van der Waals surface area contributed by atoms with E-state index in [9.17, 15) is 9.36 Å². The van der Waals surface area contributed by atoms with E-state index in [1.54, 1.807) is 0 Å². The summed E-state index contributed by atoms with van der Waals surface area (Å²) in [6.45, 7) is 4.08. The van der Waals surface area contributed by atoms with Crippen LogP contribution in [0.3, 0.4) is 0 Å². The molecule has 0 saturated heterocycles. The van der Waals surface area contributed by atoms with Crippen molar-refractivity contribution in [3.8, 4) is 0 Å². The molecule has 0 aliphatic heterocycles. The molecule has 0 unspecified atom stereocenters. The van der Waals surface area contributed by atoms with Gasteiger partial charge in [0.15, 0.2) is 0 Å². The Morgan fingerprint density at radius 1 is 1.24 bits per heavy atom. The summed E-state index contributed by atoms with van der Waals surface area (Å²) in [4.78, 5) is 29.2. The first-order valence-electron chi connectivity index (χ1n) is 6.27. The molecule has 1 aliphatic rings. The molecule has 4 nitrogen and oxygen atoms in total. The highest BCUT2D eigenvalue weighted by Crippen LogP contribution is 2.42. The van der Waals surface area contributed by atoms with Gasteiger partial charge in [-0.3, -0.25) is 9.36 Å². The molecule has 17 heavy (non-hydrogen) atoms. The van der Waals surface area contributed by atoms with Crippen molar-refractivity contribution < 1.29 is 19.1 Å². The Balaban J connectivity index is 2.53. The SMILES string of the molecule is CC(C)(CC(=O)CP(=O)(O)O)C1CCCCC1. The van der Waals surface area contributed by atoms with Crippen molar-refractivity contribution in [3.05, 3.63) is 0 Å². The van der Waals surface area contributed by atoms with E-state index in [0.29, 0.717) is 5.92 Å². The van der Waals surface area contributed by atoms with E-state index in [0.717, 1.165) is 12.8 Å². The zero-order valence-electron chi connectivity index (χ0n) is 10.7. The van der Waals surface area contributed by atoms with E-state index in [-0.39, 0.29) is 17.6 Å².